The second kappa shape index (κ2) is 5.44. The number of anilines is 2. The molecule has 2 aromatic rings. The first kappa shape index (κ1) is 12.3. The number of ether oxygens (including phenoxy) is 1. The summed E-state index contributed by atoms with van der Waals surface area (Å²) in [6, 6.07) is 5.73. The predicted octanol–water partition coefficient (Wildman–Crippen LogP) is 2.39. The van der Waals surface area contributed by atoms with Gasteiger partial charge in [0.25, 0.3) is 0 Å². The zero-order valence-corrected chi connectivity index (χ0v) is 10.6. The second-order valence-corrected chi connectivity index (χ2v) is 4.34. The van der Waals surface area contributed by atoms with Crippen LogP contribution in [-0.4, -0.2) is 16.3 Å². The van der Waals surface area contributed by atoms with E-state index in [0.29, 0.717) is 18.0 Å². The Morgan fingerprint density at radius 2 is 2.28 bits per heavy atom. The maximum absolute atomic E-state index is 6.06. The monoisotopic (exact) mass is 246 g/mol. The zero-order chi connectivity index (χ0) is 13.0. The summed E-state index contributed by atoms with van der Waals surface area (Å²) in [5.74, 6) is 0.710. The number of para-hydroxylation sites is 1. The van der Waals surface area contributed by atoms with Crippen LogP contribution in [0.15, 0.2) is 30.6 Å². The van der Waals surface area contributed by atoms with Gasteiger partial charge in [0.1, 0.15) is 5.75 Å². The molecule has 0 fully saturated rings. The minimum Gasteiger partial charge on any atom is -0.489 e. The van der Waals surface area contributed by atoms with Crippen LogP contribution in [0.5, 0.6) is 5.75 Å². The molecule has 5 heteroatoms. The minimum atomic E-state index is 0.108. The SMILES string of the molecule is CC(C)Oc1cccc(NCc2cn[nH]c2)c1N. The van der Waals surface area contributed by atoms with E-state index in [2.05, 4.69) is 15.5 Å². The van der Waals surface area contributed by atoms with Gasteiger partial charge in [0.05, 0.1) is 23.7 Å². The number of nitrogen functional groups attached to an aromatic ring is 1. The van der Waals surface area contributed by atoms with E-state index in [0.717, 1.165) is 11.3 Å². The molecule has 0 aliphatic heterocycles. The number of H-pyrrole nitrogens is 1. The number of benzene rings is 1. The van der Waals surface area contributed by atoms with Crippen molar-refractivity contribution in [2.45, 2.75) is 26.5 Å². The highest BCUT2D eigenvalue weighted by Gasteiger charge is 2.07. The number of rotatable bonds is 5. The summed E-state index contributed by atoms with van der Waals surface area (Å²) < 4.78 is 5.64. The molecule has 4 N–H and O–H groups in total. The predicted molar refractivity (Wildman–Crippen MR) is 72.5 cm³/mol. The number of aromatic nitrogens is 2. The third kappa shape index (κ3) is 2.94. The number of hydrogen-bond donors (Lipinski definition) is 3. The van der Waals surface area contributed by atoms with Crippen molar-refractivity contribution in [1.82, 2.24) is 10.2 Å². The van der Waals surface area contributed by atoms with Crippen LogP contribution in [0, 0.1) is 0 Å². The third-order valence-corrected chi connectivity index (χ3v) is 2.47. The van der Waals surface area contributed by atoms with E-state index in [1.807, 2.05) is 38.2 Å². The van der Waals surface area contributed by atoms with Crippen LogP contribution < -0.4 is 15.8 Å². The molecular formula is C13H18N4O. The maximum Gasteiger partial charge on any atom is 0.144 e. The normalized spacial score (nSPS) is 10.6. The van der Waals surface area contributed by atoms with Crippen molar-refractivity contribution in [2.24, 2.45) is 0 Å². The van der Waals surface area contributed by atoms with Crippen LogP contribution in [0.25, 0.3) is 0 Å². The molecule has 1 aromatic carbocycles. The summed E-state index contributed by atoms with van der Waals surface area (Å²) >= 11 is 0. The van der Waals surface area contributed by atoms with E-state index in [4.69, 9.17) is 10.5 Å². The molecule has 0 atom stereocenters. The number of hydrogen-bond acceptors (Lipinski definition) is 4. The lowest BCUT2D eigenvalue weighted by molar-refractivity contribution is 0.244. The average Bonchev–Trinajstić information content (AvgIpc) is 2.83. The minimum absolute atomic E-state index is 0.108. The van der Waals surface area contributed by atoms with Crippen molar-refractivity contribution >= 4 is 11.4 Å². The summed E-state index contributed by atoms with van der Waals surface area (Å²) in [7, 11) is 0. The number of nitrogens with one attached hydrogen (secondary N) is 2. The van der Waals surface area contributed by atoms with Gasteiger partial charge in [-0.3, -0.25) is 5.10 Å². The van der Waals surface area contributed by atoms with Crippen LogP contribution in [-0.2, 0) is 6.54 Å². The van der Waals surface area contributed by atoms with Gasteiger partial charge in [-0.15, -0.1) is 0 Å². The molecule has 0 bridgehead atoms. The Morgan fingerprint density at radius 3 is 2.94 bits per heavy atom. The van der Waals surface area contributed by atoms with Crippen molar-refractivity contribution in [3.8, 4) is 5.75 Å². The van der Waals surface area contributed by atoms with Gasteiger partial charge in [0.2, 0.25) is 0 Å². The van der Waals surface area contributed by atoms with Gasteiger partial charge < -0.3 is 15.8 Å². The molecule has 1 heterocycles. The van der Waals surface area contributed by atoms with E-state index >= 15 is 0 Å². The van der Waals surface area contributed by atoms with E-state index < -0.39 is 0 Å². The molecular weight excluding hydrogens is 228 g/mol. The fourth-order valence-electron chi connectivity index (χ4n) is 1.63. The first-order valence-corrected chi connectivity index (χ1v) is 5.93. The van der Waals surface area contributed by atoms with Crippen LogP contribution in [0.4, 0.5) is 11.4 Å². The highest BCUT2D eigenvalue weighted by molar-refractivity contribution is 5.72. The van der Waals surface area contributed by atoms with Gasteiger partial charge >= 0.3 is 0 Å². The van der Waals surface area contributed by atoms with Crippen LogP contribution in [0.2, 0.25) is 0 Å². The molecule has 5 nitrogen and oxygen atoms in total. The lowest BCUT2D eigenvalue weighted by Crippen LogP contribution is -2.09. The van der Waals surface area contributed by atoms with Crippen LogP contribution in [0.1, 0.15) is 19.4 Å². The Balaban J connectivity index is 2.08. The van der Waals surface area contributed by atoms with Crippen molar-refractivity contribution < 1.29 is 4.74 Å². The Morgan fingerprint density at radius 1 is 1.44 bits per heavy atom. The fourth-order valence-corrected chi connectivity index (χ4v) is 1.63. The van der Waals surface area contributed by atoms with E-state index in [1.165, 1.54) is 0 Å². The van der Waals surface area contributed by atoms with Crippen LogP contribution >= 0.6 is 0 Å². The number of nitrogens with two attached hydrogens (primary N) is 1. The molecule has 0 aliphatic carbocycles. The van der Waals surface area contributed by atoms with Gasteiger partial charge in [-0.25, -0.2) is 0 Å². The van der Waals surface area contributed by atoms with Gasteiger partial charge in [0.15, 0.2) is 0 Å². The molecule has 96 valence electrons. The molecule has 0 radical (unpaired) electrons. The number of aromatic amines is 1. The fraction of sp³-hybridized carbons (Fsp3) is 0.308. The average molecular weight is 246 g/mol. The van der Waals surface area contributed by atoms with E-state index in [-0.39, 0.29) is 6.10 Å². The van der Waals surface area contributed by atoms with Crippen LogP contribution in [0.3, 0.4) is 0 Å². The summed E-state index contributed by atoms with van der Waals surface area (Å²) in [5, 5.41) is 9.93. The maximum atomic E-state index is 6.06. The lowest BCUT2D eigenvalue weighted by atomic mass is 10.2. The Bertz CT molecular complexity index is 494. The standard InChI is InChI=1S/C13H18N4O/c1-9(2)18-12-5-3-4-11(13(12)14)15-6-10-7-16-17-8-10/h3-5,7-9,15H,6,14H2,1-2H3,(H,16,17). The molecule has 2 rings (SSSR count). The molecule has 0 spiro atoms. The summed E-state index contributed by atoms with van der Waals surface area (Å²) in [6.45, 7) is 4.63. The smallest absolute Gasteiger partial charge is 0.144 e. The number of nitrogens with zero attached hydrogens (tertiary/aromatic N) is 1. The lowest BCUT2D eigenvalue weighted by Gasteiger charge is -2.15. The highest BCUT2D eigenvalue weighted by Crippen LogP contribution is 2.30. The molecule has 1 aromatic heterocycles. The first-order chi connectivity index (χ1) is 8.66. The molecule has 0 saturated heterocycles. The topological polar surface area (TPSA) is 76.0 Å². The molecule has 0 saturated carbocycles. The quantitative estimate of drug-likeness (QED) is 0.708. The van der Waals surface area contributed by atoms with Gasteiger partial charge in [-0.1, -0.05) is 6.07 Å². The summed E-state index contributed by atoms with van der Waals surface area (Å²) in [5.41, 5.74) is 8.64. The van der Waals surface area contributed by atoms with Crippen molar-refractivity contribution in [1.29, 1.82) is 0 Å². The Kier molecular flexibility index (Phi) is 3.72. The first-order valence-electron chi connectivity index (χ1n) is 5.93. The van der Waals surface area contributed by atoms with Crippen molar-refractivity contribution in [3.63, 3.8) is 0 Å². The van der Waals surface area contributed by atoms with Gasteiger partial charge in [0, 0.05) is 18.3 Å². The van der Waals surface area contributed by atoms with E-state index in [9.17, 15) is 0 Å². The molecule has 0 aliphatic rings. The third-order valence-electron chi connectivity index (χ3n) is 2.47. The molecule has 0 amide bonds. The van der Waals surface area contributed by atoms with Gasteiger partial charge in [-0.2, -0.15) is 5.10 Å². The largest absolute Gasteiger partial charge is 0.489 e. The Labute approximate surface area is 106 Å². The highest BCUT2D eigenvalue weighted by atomic mass is 16.5. The summed E-state index contributed by atoms with van der Waals surface area (Å²) in [6.07, 6.45) is 3.73. The summed E-state index contributed by atoms with van der Waals surface area (Å²) in [4.78, 5) is 0. The van der Waals surface area contributed by atoms with E-state index in [1.54, 1.807) is 6.20 Å². The van der Waals surface area contributed by atoms with Crippen molar-refractivity contribution in [3.05, 3.63) is 36.2 Å². The molecule has 18 heavy (non-hydrogen) atoms. The van der Waals surface area contributed by atoms with Crippen molar-refractivity contribution in [2.75, 3.05) is 11.1 Å². The van der Waals surface area contributed by atoms with Gasteiger partial charge in [-0.05, 0) is 26.0 Å². The Hall–Kier alpha value is -2.17. The zero-order valence-electron chi connectivity index (χ0n) is 10.6. The molecule has 0 unspecified atom stereocenters. The second-order valence-electron chi connectivity index (χ2n) is 4.34.